The van der Waals surface area contributed by atoms with Crippen molar-refractivity contribution in [2.24, 2.45) is 0 Å². The van der Waals surface area contributed by atoms with Crippen molar-refractivity contribution in [3.63, 3.8) is 0 Å². The van der Waals surface area contributed by atoms with Crippen LogP contribution in [0.15, 0.2) is 0 Å². The molecular formula is C5H10O2. The minimum absolute atomic E-state index is 0.125. The summed E-state index contributed by atoms with van der Waals surface area (Å²) >= 11 is 0. The van der Waals surface area contributed by atoms with Crippen LogP contribution in [0.3, 0.4) is 0 Å². The molecule has 1 rings (SSSR count). The number of rotatable bonds is 1. The SMILES string of the molecule is C[C@H](O)[C@@H]1O[C@@H]1C. The topological polar surface area (TPSA) is 32.8 Å². The van der Waals surface area contributed by atoms with Crippen LogP contribution in [0.25, 0.3) is 0 Å². The molecule has 2 nitrogen and oxygen atoms in total. The second-order valence-corrected chi connectivity index (χ2v) is 2.05. The van der Waals surface area contributed by atoms with E-state index in [1.54, 1.807) is 6.92 Å². The lowest BCUT2D eigenvalue weighted by molar-refractivity contribution is 0.152. The number of aliphatic hydroxyl groups excluding tert-OH is 1. The van der Waals surface area contributed by atoms with Gasteiger partial charge in [0.15, 0.2) is 0 Å². The Kier molecular flexibility index (Phi) is 1.05. The van der Waals surface area contributed by atoms with Gasteiger partial charge in [-0.3, -0.25) is 0 Å². The van der Waals surface area contributed by atoms with Crippen LogP contribution in [0.5, 0.6) is 0 Å². The van der Waals surface area contributed by atoms with Crippen LogP contribution in [-0.4, -0.2) is 23.4 Å². The number of hydrogen-bond acceptors (Lipinski definition) is 2. The van der Waals surface area contributed by atoms with Crippen molar-refractivity contribution in [1.29, 1.82) is 0 Å². The lowest BCUT2D eigenvalue weighted by Crippen LogP contribution is -2.09. The van der Waals surface area contributed by atoms with Crippen LogP contribution >= 0.6 is 0 Å². The highest BCUT2D eigenvalue weighted by atomic mass is 16.6. The maximum absolute atomic E-state index is 8.74. The standard InChI is InChI=1S/C5H10O2/c1-3(6)5-4(2)7-5/h3-6H,1-2H3/t3-,4+,5-/m0/s1. The van der Waals surface area contributed by atoms with Gasteiger partial charge in [-0.15, -0.1) is 0 Å². The summed E-state index contributed by atoms with van der Waals surface area (Å²) in [6, 6.07) is 0. The molecule has 1 heterocycles. The smallest absolute Gasteiger partial charge is 0.109 e. The molecule has 0 aromatic carbocycles. The normalized spacial score (nSPS) is 43.3. The van der Waals surface area contributed by atoms with Gasteiger partial charge in [-0.1, -0.05) is 0 Å². The first-order valence-electron chi connectivity index (χ1n) is 2.55. The molecule has 0 amide bonds. The van der Waals surface area contributed by atoms with Crippen LogP contribution in [0.4, 0.5) is 0 Å². The molecule has 3 atom stereocenters. The van der Waals surface area contributed by atoms with Gasteiger partial charge in [-0.25, -0.2) is 0 Å². The first-order chi connectivity index (χ1) is 3.22. The molecule has 0 aliphatic carbocycles. The monoisotopic (exact) mass is 102 g/mol. The van der Waals surface area contributed by atoms with Crippen molar-refractivity contribution < 1.29 is 9.84 Å². The molecule has 1 fully saturated rings. The van der Waals surface area contributed by atoms with Crippen molar-refractivity contribution >= 4 is 0 Å². The summed E-state index contributed by atoms with van der Waals surface area (Å²) in [5.41, 5.74) is 0. The van der Waals surface area contributed by atoms with Gasteiger partial charge >= 0.3 is 0 Å². The summed E-state index contributed by atoms with van der Waals surface area (Å²) in [6.45, 7) is 3.70. The zero-order valence-electron chi connectivity index (χ0n) is 4.59. The molecule has 0 bridgehead atoms. The van der Waals surface area contributed by atoms with Gasteiger partial charge in [0.25, 0.3) is 0 Å². The molecule has 42 valence electrons. The summed E-state index contributed by atoms with van der Waals surface area (Å²) in [4.78, 5) is 0. The minimum Gasteiger partial charge on any atom is -0.391 e. The molecular weight excluding hydrogens is 92.1 g/mol. The molecule has 0 aromatic heterocycles. The fourth-order valence-corrected chi connectivity index (χ4v) is 0.708. The van der Waals surface area contributed by atoms with Gasteiger partial charge < -0.3 is 9.84 Å². The van der Waals surface area contributed by atoms with Crippen LogP contribution < -0.4 is 0 Å². The minimum atomic E-state index is -0.282. The van der Waals surface area contributed by atoms with Gasteiger partial charge in [0.2, 0.25) is 0 Å². The number of hydrogen-bond donors (Lipinski definition) is 1. The second-order valence-electron chi connectivity index (χ2n) is 2.05. The molecule has 1 saturated heterocycles. The van der Waals surface area contributed by atoms with Crippen LogP contribution in [-0.2, 0) is 4.74 Å². The van der Waals surface area contributed by atoms with E-state index in [9.17, 15) is 0 Å². The highest BCUT2D eigenvalue weighted by molar-refractivity contribution is 4.84. The van der Waals surface area contributed by atoms with Gasteiger partial charge in [0.05, 0.1) is 12.2 Å². The van der Waals surface area contributed by atoms with Crippen LogP contribution in [0.2, 0.25) is 0 Å². The molecule has 0 radical (unpaired) electrons. The van der Waals surface area contributed by atoms with E-state index in [1.165, 1.54) is 0 Å². The summed E-state index contributed by atoms with van der Waals surface area (Å²) < 4.78 is 4.93. The van der Waals surface area contributed by atoms with Crippen molar-refractivity contribution in [1.82, 2.24) is 0 Å². The Balaban J connectivity index is 2.20. The zero-order chi connectivity index (χ0) is 5.44. The molecule has 0 unspecified atom stereocenters. The quantitative estimate of drug-likeness (QED) is 0.478. The molecule has 1 N–H and O–H groups in total. The largest absolute Gasteiger partial charge is 0.391 e. The fraction of sp³-hybridized carbons (Fsp3) is 1.00. The summed E-state index contributed by atoms with van der Waals surface area (Å²) in [6.07, 6.45) is 0.134. The van der Waals surface area contributed by atoms with Gasteiger partial charge in [0.1, 0.15) is 6.10 Å². The van der Waals surface area contributed by atoms with Gasteiger partial charge in [-0.2, -0.15) is 0 Å². The van der Waals surface area contributed by atoms with Crippen molar-refractivity contribution in [3.05, 3.63) is 0 Å². The van der Waals surface area contributed by atoms with Gasteiger partial charge in [0, 0.05) is 0 Å². The van der Waals surface area contributed by atoms with E-state index >= 15 is 0 Å². The lowest BCUT2D eigenvalue weighted by atomic mass is 10.2. The van der Waals surface area contributed by atoms with E-state index in [0.717, 1.165) is 0 Å². The third kappa shape index (κ3) is 0.924. The second kappa shape index (κ2) is 1.46. The Morgan fingerprint density at radius 2 is 2.14 bits per heavy atom. The summed E-state index contributed by atoms with van der Waals surface area (Å²) in [7, 11) is 0. The molecule has 1 aliphatic rings. The Hall–Kier alpha value is -0.0800. The molecule has 2 heteroatoms. The Morgan fingerprint density at radius 3 is 2.14 bits per heavy atom. The lowest BCUT2D eigenvalue weighted by Gasteiger charge is -1.92. The summed E-state index contributed by atoms with van der Waals surface area (Å²) in [5.74, 6) is 0. The maximum atomic E-state index is 8.74. The van der Waals surface area contributed by atoms with Crippen LogP contribution in [0.1, 0.15) is 13.8 Å². The van der Waals surface area contributed by atoms with E-state index in [-0.39, 0.29) is 12.2 Å². The number of epoxide rings is 1. The van der Waals surface area contributed by atoms with Gasteiger partial charge in [-0.05, 0) is 13.8 Å². The average molecular weight is 102 g/mol. The van der Waals surface area contributed by atoms with E-state index in [4.69, 9.17) is 9.84 Å². The predicted octanol–water partition coefficient (Wildman–Crippen LogP) is 0.155. The molecule has 0 aromatic rings. The first kappa shape index (κ1) is 5.06. The fourth-order valence-electron chi connectivity index (χ4n) is 0.708. The van der Waals surface area contributed by atoms with E-state index in [0.29, 0.717) is 6.10 Å². The van der Waals surface area contributed by atoms with Crippen molar-refractivity contribution in [2.75, 3.05) is 0 Å². The number of aliphatic hydroxyl groups is 1. The Bertz CT molecular complexity index is 70.5. The van der Waals surface area contributed by atoms with E-state index in [2.05, 4.69) is 0 Å². The van der Waals surface area contributed by atoms with Crippen molar-refractivity contribution in [2.45, 2.75) is 32.2 Å². The molecule has 1 aliphatic heterocycles. The van der Waals surface area contributed by atoms with Crippen LogP contribution in [0, 0.1) is 0 Å². The molecule has 0 saturated carbocycles. The van der Waals surface area contributed by atoms with E-state index in [1.807, 2.05) is 6.92 Å². The summed E-state index contributed by atoms with van der Waals surface area (Å²) in [5, 5.41) is 8.74. The Labute approximate surface area is 43.1 Å². The predicted molar refractivity (Wildman–Crippen MR) is 26.0 cm³/mol. The third-order valence-electron chi connectivity index (χ3n) is 1.23. The third-order valence-corrected chi connectivity index (χ3v) is 1.23. The highest BCUT2D eigenvalue weighted by Crippen LogP contribution is 2.23. The molecule has 0 spiro atoms. The number of ether oxygens (including phenoxy) is 1. The van der Waals surface area contributed by atoms with E-state index < -0.39 is 0 Å². The first-order valence-corrected chi connectivity index (χ1v) is 2.55. The average Bonchev–Trinajstić information content (AvgIpc) is 2.17. The Morgan fingerprint density at radius 1 is 1.71 bits per heavy atom. The maximum Gasteiger partial charge on any atom is 0.109 e. The highest BCUT2D eigenvalue weighted by Gasteiger charge is 2.37. The zero-order valence-corrected chi connectivity index (χ0v) is 4.59. The van der Waals surface area contributed by atoms with Crippen molar-refractivity contribution in [3.8, 4) is 0 Å². The molecule has 7 heavy (non-hydrogen) atoms.